The van der Waals surface area contributed by atoms with E-state index in [4.69, 9.17) is 4.74 Å². The summed E-state index contributed by atoms with van der Waals surface area (Å²) in [6.07, 6.45) is -2.68. The van der Waals surface area contributed by atoms with Gasteiger partial charge in [-0.15, -0.1) is 0 Å². The fraction of sp³-hybridized carbons (Fsp3) is 0.357. The number of non-ortho nitro benzene ring substituents is 1. The Morgan fingerprint density at radius 3 is 2.66 bits per heavy atom. The van der Waals surface area contributed by atoms with Crippen LogP contribution >= 0.6 is 0 Å². The van der Waals surface area contributed by atoms with Gasteiger partial charge in [0.2, 0.25) is 0 Å². The van der Waals surface area contributed by atoms with Gasteiger partial charge in [-0.25, -0.2) is 0 Å². The number of esters is 1. The number of hydrogen-bond donors (Lipinski definition) is 2. The molecule has 0 spiro atoms. The second-order valence-corrected chi connectivity index (χ2v) is 10.1. The average molecular weight is 572 g/mol. The number of rotatable bonds is 9. The second-order valence-electron chi connectivity index (χ2n) is 10.1. The van der Waals surface area contributed by atoms with Crippen LogP contribution in [0.4, 0.5) is 24.7 Å². The van der Waals surface area contributed by atoms with Gasteiger partial charge in [-0.05, 0) is 37.3 Å². The normalized spacial score (nSPS) is 16.6. The van der Waals surface area contributed by atoms with Crippen molar-refractivity contribution >= 4 is 28.4 Å². The van der Waals surface area contributed by atoms with Gasteiger partial charge in [0.15, 0.2) is 11.4 Å². The molecule has 2 atom stereocenters. The van der Waals surface area contributed by atoms with Gasteiger partial charge in [-0.1, -0.05) is 30.3 Å². The highest BCUT2D eigenvalue weighted by atomic mass is 19.4. The number of benzene rings is 2. The van der Waals surface area contributed by atoms with Crippen molar-refractivity contribution in [3.63, 3.8) is 0 Å². The molecule has 216 valence electrons. The summed E-state index contributed by atoms with van der Waals surface area (Å²) in [7, 11) is 0. The largest absolute Gasteiger partial charge is 0.465 e. The molecule has 2 aromatic carbocycles. The van der Waals surface area contributed by atoms with E-state index in [9.17, 15) is 33.2 Å². The number of nitrogens with one attached hydrogen (secondary N) is 1. The summed E-state index contributed by atoms with van der Waals surface area (Å²) >= 11 is 0. The number of ether oxygens (including phenoxy) is 1. The van der Waals surface area contributed by atoms with Crippen molar-refractivity contribution in [1.29, 1.82) is 0 Å². The third-order valence-electron chi connectivity index (χ3n) is 7.27. The molecule has 2 N–H and O–H groups in total. The summed E-state index contributed by atoms with van der Waals surface area (Å²) in [4.78, 5) is 22.7. The highest BCUT2D eigenvalue weighted by Crippen LogP contribution is 2.48. The number of alkyl halides is 3. The van der Waals surface area contributed by atoms with E-state index < -0.39 is 35.0 Å². The van der Waals surface area contributed by atoms with Crippen molar-refractivity contribution in [2.45, 2.75) is 44.6 Å². The summed E-state index contributed by atoms with van der Waals surface area (Å²) in [6, 6.07) is 12.6. The lowest BCUT2D eigenvalue weighted by Crippen LogP contribution is -2.45. The van der Waals surface area contributed by atoms with E-state index in [0.29, 0.717) is 11.4 Å². The van der Waals surface area contributed by atoms with Crippen LogP contribution in [0.5, 0.6) is 0 Å². The molecule has 10 nitrogen and oxygen atoms in total. The van der Waals surface area contributed by atoms with Crippen LogP contribution < -0.4 is 5.32 Å². The minimum atomic E-state index is -5.05. The fourth-order valence-corrected chi connectivity index (χ4v) is 5.38. The van der Waals surface area contributed by atoms with Crippen LogP contribution in [0.2, 0.25) is 0 Å². The highest BCUT2D eigenvalue weighted by molar-refractivity contribution is 5.87. The van der Waals surface area contributed by atoms with Crippen LogP contribution in [0.1, 0.15) is 30.0 Å². The first-order valence-electron chi connectivity index (χ1n) is 13.0. The number of nitro groups is 1. The van der Waals surface area contributed by atoms with Crippen LogP contribution in [0.15, 0.2) is 60.9 Å². The lowest BCUT2D eigenvalue weighted by atomic mass is 9.80. The van der Waals surface area contributed by atoms with Gasteiger partial charge < -0.3 is 19.7 Å². The summed E-state index contributed by atoms with van der Waals surface area (Å²) < 4.78 is 52.1. The molecule has 2 unspecified atom stereocenters. The number of anilines is 1. The maximum Gasteiger partial charge on any atom is 0.421 e. The molecule has 0 saturated heterocycles. The second kappa shape index (κ2) is 10.9. The molecule has 3 heterocycles. The molecule has 13 heteroatoms. The Hall–Kier alpha value is -4.39. The van der Waals surface area contributed by atoms with Gasteiger partial charge in [0.1, 0.15) is 6.54 Å². The van der Waals surface area contributed by atoms with E-state index in [0.717, 1.165) is 11.6 Å². The van der Waals surface area contributed by atoms with Crippen molar-refractivity contribution in [3.8, 4) is 0 Å². The third kappa shape index (κ3) is 5.62. The van der Waals surface area contributed by atoms with Crippen LogP contribution in [0.25, 0.3) is 10.9 Å². The Morgan fingerprint density at radius 1 is 1.22 bits per heavy atom. The number of fused-ring (bicyclic) bond motifs is 2. The van der Waals surface area contributed by atoms with Crippen LogP contribution in [0.3, 0.4) is 0 Å². The summed E-state index contributed by atoms with van der Waals surface area (Å²) in [5, 5.41) is 30.3. The number of carbonyl (C=O) groups excluding carboxylic acids is 1. The number of halogens is 3. The SMILES string of the molecule is CCOC(=O)Cn1cc2c(n1)NCC(CC(O)(c1cn(Cc3ccccc3)c3cc([N+](=O)[O-])ccc13)C(F)(F)F)C2. The smallest absolute Gasteiger partial charge is 0.421 e. The van der Waals surface area contributed by atoms with Crippen molar-refractivity contribution < 1.29 is 32.7 Å². The van der Waals surface area contributed by atoms with Crippen molar-refractivity contribution in [2.75, 3.05) is 18.5 Å². The van der Waals surface area contributed by atoms with Gasteiger partial charge in [0.05, 0.1) is 17.0 Å². The first kappa shape index (κ1) is 28.1. The standard InChI is InChI=1S/C28H28F3N5O5/c1-2-41-25(37)17-35-15-20-10-19(13-32-26(20)33-35)12-27(38,28(29,30)31)23-16-34(14-18-6-4-3-5-7-18)24-11-21(36(39)40)8-9-22(23)24/h3-9,11,15-16,19,38H,2,10,12-14,17H2,1H3,(H,32,33). The highest BCUT2D eigenvalue weighted by Gasteiger charge is 2.57. The van der Waals surface area contributed by atoms with Crippen LogP contribution in [0, 0.1) is 16.0 Å². The van der Waals surface area contributed by atoms with Crippen LogP contribution in [-0.4, -0.2) is 49.7 Å². The molecule has 0 amide bonds. The number of carbonyl (C=O) groups is 1. The minimum absolute atomic E-state index is 0.0815. The van der Waals surface area contributed by atoms with E-state index in [-0.39, 0.29) is 54.8 Å². The van der Waals surface area contributed by atoms with E-state index in [1.165, 1.54) is 27.6 Å². The predicted molar refractivity (Wildman–Crippen MR) is 143 cm³/mol. The zero-order valence-electron chi connectivity index (χ0n) is 22.1. The van der Waals surface area contributed by atoms with Crippen LogP contribution in [-0.2, 0) is 34.6 Å². The van der Waals surface area contributed by atoms with E-state index in [2.05, 4.69) is 10.4 Å². The first-order chi connectivity index (χ1) is 19.5. The van der Waals surface area contributed by atoms with E-state index >= 15 is 0 Å². The fourth-order valence-electron chi connectivity index (χ4n) is 5.38. The Balaban J connectivity index is 1.50. The van der Waals surface area contributed by atoms with Crippen molar-refractivity contribution in [3.05, 3.63) is 87.7 Å². The minimum Gasteiger partial charge on any atom is -0.465 e. The lowest BCUT2D eigenvalue weighted by molar-refractivity contribution is -0.384. The summed E-state index contributed by atoms with van der Waals surface area (Å²) in [6.45, 7) is 2.04. The molecular weight excluding hydrogens is 543 g/mol. The quantitative estimate of drug-likeness (QED) is 0.168. The van der Waals surface area contributed by atoms with Gasteiger partial charge in [0.25, 0.3) is 5.69 Å². The number of aliphatic hydroxyl groups is 1. The molecule has 41 heavy (non-hydrogen) atoms. The van der Waals surface area contributed by atoms with Crippen molar-refractivity contribution in [1.82, 2.24) is 14.3 Å². The molecular formula is C28H28F3N5O5. The molecule has 4 aromatic rings. The molecule has 0 radical (unpaired) electrons. The molecule has 0 bridgehead atoms. The van der Waals surface area contributed by atoms with Gasteiger partial charge in [-0.3, -0.25) is 19.6 Å². The molecule has 0 fully saturated rings. The van der Waals surface area contributed by atoms with Gasteiger partial charge >= 0.3 is 12.1 Å². The monoisotopic (exact) mass is 571 g/mol. The number of nitro benzene ring substituents is 1. The maximum atomic E-state index is 14.8. The number of hydrogen-bond acceptors (Lipinski definition) is 7. The third-order valence-corrected chi connectivity index (χ3v) is 7.27. The summed E-state index contributed by atoms with van der Waals surface area (Å²) in [5.74, 6) is -0.657. The van der Waals surface area contributed by atoms with Crippen molar-refractivity contribution in [2.24, 2.45) is 5.92 Å². The average Bonchev–Trinajstić information content (AvgIpc) is 3.49. The zero-order chi connectivity index (χ0) is 29.4. The maximum absolute atomic E-state index is 14.8. The van der Waals surface area contributed by atoms with E-state index in [1.54, 1.807) is 43.5 Å². The van der Waals surface area contributed by atoms with E-state index in [1.807, 2.05) is 0 Å². The Labute approximate surface area is 232 Å². The Morgan fingerprint density at radius 2 is 1.98 bits per heavy atom. The topological polar surface area (TPSA) is 124 Å². The molecule has 2 aromatic heterocycles. The molecule has 1 aliphatic rings. The molecule has 1 aliphatic heterocycles. The Kier molecular flexibility index (Phi) is 7.47. The molecule has 0 saturated carbocycles. The number of aromatic nitrogens is 3. The van der Waals surface area contributed by atoms with Gasteiger partial charge in [-0.2, -0.15) is 18.3 Å². The summed E-state index contributed by atoms with van der Waals surface area (Å²) in [5.41, 5.74) is -2.26. The lowest BCUT2D eigenvalue weighted by Gasteiger charge is -2.35. The predicted octanol–water partition coefficient (Wildman–Crippen LogP) is 4.78. The molecule has 0 aliphatic carbocycles. The zero-order valence-corrected chi connectivity index (χ0v) is 22.1. The molecule has 5 rings (SSSR count). The Bertz CT molecular complexity index is 1580. The first-order valence-corrected chi connectivity index (χ1v) is 13.0. The van der Waals surface area contributed by atoms with Gasteiger partial charge in [0, 0.05) is 54.1 Å². The number of nitrogens with zero attached hydrogens (tertiary/aromatic N) is 4.